The lowest BCUT2D eigenvalue weighted by Gasteiger charge is -2.32. The van der Waals surface area contributed by atoms with E-state index in [-0.39, 0.29) is 11.9 Å². The first-order valence-electron chi connectivity index (χ1n) is 7.83. The third-order valence-corrected chi connectivity index (χ3v) is 4.39. The van der Waals surface area contributed by atoms with Crippen LogP contribution in [0.2, 0.25) is 5.02 Å². The van der Waals surface area contributed by atoms with Crippen molar-refractivity contribution in [1.82, 2.24) is 10.4 Å². The Bertz CT molecular complexity index is 528. The van der Waals surface area contributed by atoms with Gasteiger partial charge in [-0.05, 0) is 55.9 Å². The Labute approximate surface area is 140 Å². The number of anilines is 1. The minimum atomic E-state index is -0.343. The lowest BCUT2D eigenvalue weighted by atomic mass is 9.91. The van der Waals surface area contributed by atoms with Gasteiger partial charge in [-0.15, -0.1) is 0 Å². The number of hydrogen-bond donors (Lipinski definition) is 3. The van der Waals surface area contributed by atoms with Crippen molar-refractivity contribution in [3.63, 3.8) is 0 Å². The Balaban J connectivity index is 1.70. The molecule has 2 rings (SSSR count). The summed E-state index contributed by atoms with van der Waals surface area (Å²) in [5, 5.41) is 12.0. The summed E-state index contributed by atoms with van der Waals surface area (Å²) in [4.78, 5) is 25.0. The Morgan fingerprint density at radius 2 is 1.87 bits per heavy atom. The molecule has 1 aromatic carbocycles. The summed E-state index contributed by atoms with van der Waals surface area (Å²) in [6.45, 7) is 1.44. The van der Waals surface area contributed by atoms with E-state index in [0.29, 0.717) is 17.4 Å². The number of urea groups is 1. The van der Waals surface area contributed by atoms with E-state index >= 15 is 0 Å². The van der Waals surface area contributed by atoms with Crippen LogP contribution in [0.4, 0.5) is 10.5 Å². The second-order valence-electron chi connectivity index (χ2n) is 5.79. The summed E-state index contributed by atoms with van der Waals surface area (Å²) in [5.41, 5.74) is 2.38. The summed E-state index contributed by atoms with van der Waals surface area (Å²) < 4.78 is 0. The summed E-state index contributed by atoms with van der Waals surface area (Å²) in [7, 11) is 0. The summed E-state index contributed by atoms with van der Waals surface area (Å²) >= 11 is 5.82. The van der Waals surface area contributed by atoms with E-state index in [1.165, 1.54) is 0 Å². The van der Waals surface area contributed by atoms with Gasteiger partial charge >= 0.3 is 6.03 Å². The highest BCUT2D eigenvalue weighted by Gasteiger charge is 2.22. The molecule has 3 N–H and O–H groups in total. The van der Waals surface area contributed by atoms with E-state index in [9.17, 15) is 9.59 Å². The molecular formula is C16H22ClN3O3. The number of hydroxylamine groups is 1. The zero-order chi connectivity index (χ0) is 16.7. The molecule has 0 bridgehead atoms. The average molecular weight is 340 g/mol. The van der Waals surface area contributed by atoms with Crippen molar-refractivity contribution in [2.75, 3.05) is 18.4 Å². The Kier molecular flexibility index (Phi) is 6.67. The van der Waals surface area contributed by atoms with Crippen molar-refractivity contribution >= 4 is 29.2 Å². The largest absolute Gasteiger partial charge is 0.325 e. The molecule has 1 aromatic rings. The van der Waals surface area contributed by atoms with Gasteiger partial charge in [-0.2, -0.15) is 0 Å². The van der Waals surface area contributed by atoms with Crippen LogP contribution in [0.3, 0.4) is 0 Å². The van der Waals surface area contributed by atoms with E-state index < -0.39 is 0 Å². The topological polar surface area (TPSA) is 81.7 Å². The first kappa shape index (κ1) is 17.6. The van der Waals surface area contributed by atoms with Gasteiger partial charge in [0.1, 0.15) is 0 Å². The zero-order valence-corrected chi connectivity index (χ0v) is 13.7. The molecule has 126 valence electrons. The number of piperidine rings is 1. The van der Waals surface area contributed by atoms with Gasteiger partial charge in [-0.25, -0.2) is 10.3 Å². The standard InChI is InChI=1S/C16H22ClN3O3/c17-13-4-6-14(7-5-13)18-16(22)20-10-8-12(9-11-20)2-1-3-15(21)19-23/h4-7,12,23H,1-3,8-11H2,(H,18,22)(H,19,21). The number of nitrogens with zero attached hydrogens (tertiary/aromatic N) is 1. The number of halogens is 1. The van der Waals surface area contributed by atoms with Crippen molar-refractivity contribution in [2.24, 2.45) is 5.92 Å². The molecule has 0 aliphatic carbocycles. The van der Waals surface area contributed by atoms with Crippen molar-refractivity contribution < 1.29 is 14.8 Å². The summed E-state index contributed by atoms with van der Waals surface area (Å²) in [6, 6.07) is 6.95. The lowest BCUT2D eigenvalue weighted by Crippen LogP contribution is -2.41. The maximum atomic E-state index is 12.2. The van der Waals surface area contributed by atoms with Crippen LogP contribution in [0.5, 0.6) is 0 Å². The lowest BCUT2D eigenvalue weighted by molar-refractivity contribution is -0.129. The second kappa shape index (κ2) is 8.74. The van der Waals surface area contributed by atoms with Gasteiger partial charge in [0, 0.05) is 30.2 Å². The molecule has 0 radical (unpaired) electrons. The van der Waals surface area contributed by atoms with Crippen LogP contribution in [-0.4, -0.2) is 35.1 Å². The minimum Gasteiger partial charge on any atom is -0.325 e. The number of benzene rings is 1. The fraction of sp³-hybridized carbons (Fsp3) is 0.500. The maximum absolute atomic E-state index is 12.2. The van der Waals surface area contributed by atoms with E-state index in [4.69, 9.17) is 16.8 Å². The number of nitrogens with one attached hydrogen (secondary N) is 2. The van der Waals surface area contributed by atoms with Crippen LogP contribution >= 0.6 is 11.6 Å². The molecule has 1 fully saturated rings. The van der Waals surface area contributed by atoms with E-state index in [1.807, 2.05) is 4.90 Å². The second-order valence-corrected chi connectivity index (χ2v) is 6.23. The smallest absolute Gasteiger partial charge is 0.321 e. The molecule has 1 aliphatic heterocycles. The fourth-order valence-electron chi connectivity index (χ4n) is 2.77. The first-order chi connectivity index (χ1) is 11.1. The molecular weight excluding hydrogens is 318 g/mol. The van der Waals surface area contributed by atoms with Crippen LogP contribution in [0, 0.1) is 5.92 Å². The van der Waals surface area contributed by atoms with Crippen LogP contribution in [0.1, 0.15) is 32.1 Å². The molecule has 7 heteroatoms. The van der Waals surface area contributed by atoms with Gasteiger partial charge in [-0.3, -0.25) is 10.0 Å². The summed E-state index contributed by atoms with van der Waals surface area (Å²) in [5.74, 6) is 0.186. The van der Waals surface area contributed by atoms with Gasteiger partial charge in [0.2, 0.25) is 5.91 Å². The summed E-state index contributed by atoms with van der Waals surface area (Å²) in [6.07, 6.45) is 3.92. The van der Waals surface area contributed by atoms with E-state index in [1.54, 1.807) is 29.7 Å². The zero-order valence-electron chi connectivity index (χ0n) is 12.9. The highest BCUT2D eigenvalue weighted by molar-refractivity contribution is 6.30. The van der Waals surface area contributed by atoms with Crippen LogP contribution in [-0.2, 0) is 4.79 Å². The molecule has 0 aromatic heterocycles. The third kappa shape index (κ3) is 5.73. The number of likely N-dealkylation sites (tertiary alicyclic amines) is 1. The molecule has 0 atom stereocenters. The molecule has 6 nitrogen and oxygen atoms in total. The normalized spacial score (nSPS) is 15.3. The molecule has 3 amide bonds. The molecule has 0 unspecified atom stereocenters. The maximum Gasteiger partial charge on any atom is 0.321 e. The average Bonchev–Trinajstić information content (AvgIpc) is 2.57. The fourth-order valence-corrected chi connectivity index (χ4v) is 2.89. The number of rotatable bonds is 5. The molecule has 1 aliphatic rings. The van der Waals surface area contributed by atoms with Crippen LogP contribution in [0.15, 0.2) is 24.3 Å². The van der Waals surface area contributed by atoms with E-state index in [0.717, 1.165) is 44.5 Å². The van der Waals surface area contributed by atoms with Crippen molar-refractivity contribution in [3.05, 3.63) is 29.3 Å². The number of carbonyl (C=O) groups is 2. The van der Waals surface area contributed by atoms with Gasteiger partial charge in [0.05, 0.1) is 0 Å². The quantitative estimate of drug-likeness (QED) is 0.569. The Morgan fingerprint density at radius 1 is 1.22 bits per heavy atom. The molecule has 0 spiro atoms. The number of carbonyl (C=O) groups excluding carboxylic acids is 2. The monoisotopic (exact) mass is 339 g/mol. The van der Waals surface area contributed by atoms with Crippen molar-refractivity contribution in [2.45, 2.75) is 32.1 Å². The third-order valence-electron chi connectivity index (χ3n) is 4.14. The van der Waals surface area contributed by atoms with Gasteiger partial charge in [0.15, 0.2) is 0 Å². The predicted molar refractivity (Wildman–Crippen MR) is 88.5 cm³/mol. The molecule has 23 heavy (non-hydrogen) atoms. The highest BCUT2D eigenvalue weighted by Crippen LogP contribution is 2.23. The minimum absolute atomic E-state index is 0.0922. The Morgan fingerprint density at radius 3 is 2.48 bits per heavy atom. The molecule has 0 saturated carbocycles. The van der Waals surface area contributed by atoms with E-state index in [2.05, 4.69) is 5.32 Å². The van der Waals surface area contributed by atoms with Gasteiger partial charge in [-0.1, -0.05) is 11.6 Å². The van der Waals surface area contributed by atoms with Crippen LogP contribution in [0.25, 0.3) is 0 Å². The predicted octanol–water partition coefficient (Wildman–Crippen LogP) is 3.26. The first-order valence-corrected chi connectivity index (χ1v) is 8.20. The SMILES string of the molecule is O=C(CCCC1CCN(C(=O)Nc2ccc(Cl)cc2)CC1)NO. The number of amides is 3. The van der Waals surface area contributed by atoms with Crippen molar-refractivity contribution in [1.29, 1.82) is 0 Å². The molecule has 1 saturated heterocycles. The van der Waals surface area contributed by atoms with Crippen LogP contribution < -0.4 is 10.8 Å². The van der Waals surface area contributed by atoms with Crippen molar-refractivity contribution in [3.8, 4) is 0 Å². The Hall–Kier alpha value is -1.79. The number of hydrogen-bond acceptors (Lipinski definition) is 3. The molecule has 1 heterocycles. The van der Waals surface area contributed by atoms with Gasteiger partial charge in [0.25, 0.3) is 0 Å². The highest BCUT2D eigenvalue weighted by atomic mass is 35.5. The van der Waals surface area contributed by atoms with Gasteiger partial charge < -0.3 is 10.2 Å².